The molecule has 0 fully saturated rings. The molecular weight excluding hydrogens is 226 g/mol. The van der Waals surface area contributed by atoms with Crippen molar-refractivity contribution in [2.45, 2.75) is 6.04 Å². The second-order valence-electron chi connectivity index (χ2n) is 3.37. The predicted molar refractivity (Wildman–Crippen MR) is 57.6 cm³/mol. The molecule has 2 aromatic heterocycles. The van der Waals surface area contributed by atoms with Gasteiger partial charge in [-0.3, -0.25) is 15.8 Å². The molecule has 0 amide bonds. The van der Waals surface area contributed by atoms with Gasteiger partial charge in [0, 0.05) is 18.0 Å². The number of nitrogens with two attached hydrogens (primary N) is 1. The zero-order chi connectivity index (χ0) is 12.3. The lowest BCUT2D eigenvalue weighted by molar-refractivity contribution is 0.516. The third-order valence-corrected chi connectivity index (χ3v) is 2.34. The molecule has 1 atom stereocenters. The molecule has 0 spiro atoms. The Morgan fingerprint density at radius 3 is 2.65 bits per heavy atom. The van der Waals surface area contributed by atoms with Crippen molar-refractivity contribution in [2.24, 2.45) is 5.84 Å². The number of nitrogens with zero attached hydrogens (tertiary/aromatic N) is 2. The Hall–Kier alpha value is -1.92. The third-order valence-electron chi connectivity index (χ3n) is 2.34. The normalized spacial score (nSPS) is 12.4. The largest absolute Gasteiger partial charge is 0.271 e. The molecule has 0 bridgehead atoms. The molecule has 2 aromatic rings. The maximum absolute atomic E-state index is 13.5. The summed E-state index contributed by atoms with van der Waals surface area (Å²) < 4.78 is 27.1. The smallest absolute Gasteiger partial charge is 0.146 e. The molecule has 0 aliphatic heterocycles. The number of rotatable bonds is 3. The van der Waals surface area contributed by atoms with Crippen LogP contribution in [0, 0.1) is 11.6 Å². The van der Waals surface area contributed by atoms with E-state index in [9.17, 15) is 8.78 Å². The van der Waals surface area contributed by atoms with Crippen molar-refractivity contribution in [3.05, 3.63) is 59.7 Å². The van der Waals surface area contributed by atoms with E-state index in [1.165, 1.54) is 30.6 Å². The Kier molecular flexibility index (Phi) is 3.36. The second-order valence-corrected chi connectivity index (χ2v) is 3.37. The van der Waals surface area contributed by atoms with Crippen LogP contribution in [0.3, 0.4) is 0 Å². The van der Waals surface area contributed by atoms with Gasteiger partial charge in [-0.15, -0.1) is 0 Å². The first-order chi connectivity index (χ1) is 8.24. The third kappa shape index (κ3) is 2.27. The van der Waals surface area contributed by atoms with Gasteiger partial charge >= 0.3 is 0 Å². The van der Waals surface area contributed by atoms with Crippen molar-refractivity contribution in [3.8, 4) is 0 Å². The van der Waals surface area contributed by atoms with Crippen LogP contribution < -0.4 is 11.3 Å². The molecule has 88 valence electrons. The van der Waals surface area contributed by atoms with Gasteiger partial charge in [-0.05, 0) is 18.2 Å². The van der Waals surface area contributed by atoms with Gasteiger partial charge in [0.25, 0.3) is 0 Å². The van der Waals surface area contributed by atoms with Gasteiger partial charge in [0.15, 0.2) is 0 Å². The summed E-state index contributed by atoms with van der Waals surface area (Å²) in [4.78, 5) is 7.48. The van der Waals surface area contributed by atoms with Crippen LogP contribution in [0.4, 0.5) is 8.78 Å². The van der Waals surface area contributed by atoms with Gasteiger partial charge in [-0.2, -0.15) is 0 Å². The van der Waals surface area contributed by atoms with Crippen LogP contribution in [0.15, 0.2) is 36.8 Å². The minimum Gasteiger partial charge on any atom is -0.271 e. The van der Waals surface area contributed by atoms with Crippen LogP contribution in [0.1, 0.15) is 17.3 Å². The summed E-state index contributed by atoms with van der Waals surface area (Å²) in [6.45, 7) is 0. The summed E-state index contributed by atoms with van der Waals surface area (Å²) in [7, 11) is 0. The Balaban J connectivity index is 2.48. The summed E-state index contributed by atoms with van der Waals surface area (Å²) in [6, 6.07) is 3.27. The lowest BCUT2D eigenvalue weighted by Gasteiger charge is -2.16. The van der Waals surface area contributed by atoms with Crippen LogP contribution in [0.2, 0.25) is 0 Å². The Bertz CT molecular complexity index is 473. The maximum Gasteiger partial charge on any atom is 0.146 e. The predicted octanol–water partition coefficient (Wildman–Crippen LogP) is 1.31. The average molecular weight is 236 g/mol. The van der Waals surface area contributed by atoms with Crippen LogP contribution in [0.25, 0.3) is 0 Å². The van der Waals surface area contributed by atoms with Gasteiger partial charge in [0.05, 0.1) is 17.9 Å². The molecule has 17 heavy (non-hydrogen) atoms. The monoisotopic (exact) mass is 236 g/mol. The first-order valence-corrected chi connectivity index (χ1v) is 4.90. The zero-order valence-corrected chi connectivity index (χ0v) is 8.77. The van der Waals surface area contributed by atoms with E-state index < -0.39 is 17.7 Å². The van der Waals surface area contributed by atoms with Crippen molar-refractivity contribution >= 4 is 0 Å². The standard InChI is InChI=1S/C11H10F2N4/c12-8-2-1-4-16-11(8)10(17-14)7-3-5-15-6-9(7)13/h1-6,10,17H,14H2. The fourth-order valence-corrected chi connectivity index (χ4v) is 1.55. The molecule has 6 heteroatoms. The maximum atomic E-state index is 13.5. The summed E-state index contributed by atoms with van der Waals surface area (Å²) in [5, 5.41) is 0. The first-order valence-electron chi connectivity index (χ1n) is 4.90. The van der Waals surface area contributed by atoms with Crippen molar-refractivity contribution in [1.29, 1.82) is 0 Å². The summed E-state index contributed by atoms with van der Waals surface area (Å²) in [5.41, 5.74) is 2.58. The lowest BCUT2D eigenvalue weighted by atomic mass is 10.0. The quantitative estimate of drug-likeness (QED) is 0.623. The molecule has 0 saturated heterocycles. The number of aromatic nitrogens is 2. The highest BCUT2D eigenvalue weighted by Gasteiger charge is 2.20. The number of nitrogens with one attached hydrogen (secondary N) is 1. The van der Waals surface area contributed by atoms with Gasteiger partial charge in [0.1, 0.15) is 11.6 Å². The molecule has 1 unspecified atom stereocenters. The van der Waals surface area contributed by atoms with Gasteiger partial charge in [0.2, 0.25) is 0 Å². The van der Waals surface area contributed by atoms with E-state index in [0.29, 0.717) is 0 Å². The van der Waals surface area contributed by atoms with Crippen LogP contribution >= 0.6 is 0 Å². The molecule has 2 heterocycles. The average Bonchev–Trinajstić information content (AvgIpc) is 2.34. The van der Waals surface area contributed by atoms with E-state index in [1.807, 2.05) is 0 Å². The SMILES string of the molecule is NNC(c1ccncc1F)c1ncccc1F. The number of halogens is 2. The molecule has 0 aromatic carbocycles. The molecule has 0 aliphatic carbocycles. The molecule has 0 saturated carbocycles. The topological polar surface area (TPSA) is 63.8 Å². The van der Waals surface area contributed by atoms with E-state index in [4.69, 9.17) is 5.84 Å². The van der Waals surface area contributed by atoms with Crippen molar-refractivity contribution in [2.75, 3.05) is 0 Å². The fraction of sp³-hybridized carbons (Fsp3) is 0.0909. The highest BCUT2D eigenvalue weighted by atomic mass is 19.1. The summed E-state index contributed by atoms with van der Waals surface area (Å²) in [6.07, 6.45) is 3.87. The molecule has 0 aliphatic rings. The Labute approximate surface area is 96.5 Å². The Morgan fingerprint density at radius 1 is 1.18 bits per heavy atom. The molecule has 4 nitrogen and oxygen atoms in total. The second kappa shape index (κ2) is 4.94. The molecular formula is C11H10F2N4. The molecule has 3 N–H and O–H groups in total. The number of hydrazine groups is 1. The van der Waals surface area contributed by atoms with E-state index in [-0.39, 0.29) is 11.3 Å². The zero-order valence-electron chi connectivity index (χ0n) is 8.77. The van der Waals surface area contributed by atoms with Crippen LogP contribution in [-0.4, -0.2) is 9.97 Å². The van der Waals surface area contributed by atoms with Crippen molar-refractivity contribution < 1.29 is 8.78 Å². The number of pyridine rings is 2. The molecule has 0 radical (unpaired) electrons. The Morgan fingerprint density at radius 2 is 2.00 bits per heavy atom. The minimum absolute atomic E-state index is 0.0418. The molecule has 2 rings (SSSR count). The van der Waals surface area contributed by atoms with Gasteiger partial charge in [-0.1, -0.05) is 0 Å². The summed E-state index contributed by atoms with van der Waals surface area (Å²) in [5.74, 6) is 4.21. The van der Waals surface area contributed by atoms with Gasteiger partial charge in [-0.25, -0.2) is 14.2 Å². The number of hydrogen-bond donors (Lipinski definition) is 2. The van der Waals surface area contributed by atoms with Crippen molar-refractivity contribution in [3.63, 3.8) is 0 Å². The lowest BCUT2D eigenvalue weighted by Crippen LogP contribution is -2.31. The van der Waals surface area contributed by atoms with Crippen LogP contribution in [-0.2, 0) is 0 Å². The first kappa shape index (κ1) is 11.6. The van der Waals surface area contributed by atoms with E-state index in [1.54, 1.807) is 0 Å². The fourth-order valence-electron chi connectivity index (χ4n) is 1.55. The van der Waals surface area contributed by atoms with Crippen molar-refractivity contribution in [1.82, 2.24) is 15.4 Å². The highest BCUT2D eigenvalue weighted by Crippen LogP contribution is 2.23. The minimum atomic E-state index is -0.848. The van der Waals surface area contributed by atoms with E-state index >= 15 is 0 Å². The van der Waals surface area contributed by atoms with Crippen LogP contribution in [0.5, 0.6) is 0 Å². The van der Waals surface area contributed by atoms with Gasteiger partial charge < -0.3 is 0 Å². The highest BCUT2D eigenvalue weighted by molar-refractivity contribution is 5.27. The van der Waals surface area contributed by atoms with E-state index in [0.717, 1.165) is 6.20 Å². The number of hydrogen-bond acceptors (Lipinski definition) is 4. The summed E-state index contributed by atoms with van der Waals surface area (Å²) >= 11 is 0. The van der Waals surface area contributed by atoms with E-state index in [2.05, 4.69) is 15.4 Å².